The lowest BCUT2D eigenvalue weighted by Gasteiger charge is -1.99. The Morgan fingerprint density at radius 3 is 2.59 bits per heavy atom. The van der Waals surface area contributed by atoms with Crippen LogP contribution in [0.15, 0.2) is 24.3 Å². The van der Waals surface area contributed by atoms with E-state index in [0.29, 0.717) is 11.7 Å². The number of benzene rings is 1. The molecule has 0 aliphatic heterocycles. The number of halogens is 1. The van der Waals surface area contributed by atoms with E-state index in [2.05, 4.69) is 46.5 Å². The summed E-state index contributed by atoms with van der Waals surface area (Å²) >= 11 is 6.14. The van der Waals surface area contributed by atoms with E-state index in [-0.39, 0.29) is 0 Å². The minimum absolute atomic E-state index is 0.597. The molecule has 2 rings (SSSR count). The lowest BCUT2D eigenvalue weighted by atomic mass is 10.1. The average molecular weight is 250 g/mol. The molecule has 2 N–H and O–H groups in total. The smallest absolute Gasteiger partial charge is 0.134 e. The first-order valence-corrected chi connectivity index (χ1v) is 6.10. The third-order valence-electron chi connectivity index (χ3n) is 2.69. The molecule has 2 aromatic rings. The van der Waals surface area contributed by atoms with Gasteiger partial charge in [-0.3, -0.25) is 0 Å². The Balaban J connectivity index is 2.31. The van der Waals surface area contributed by atoms with Crippen molar-refractivity contribution in [2.24, 2.45) is 0 Å². The third kappa shape index (κ3) is 2.68. The van der Waals surface area contributed by atoms with E-state index < -0.39 is 0 Å². The van der Waals surface area contributed by atoms with Crippen LogP contribution in [0, 0.1) is 0 Å². The van der Waals surface area contributed by atoms with Crippen molar-refractivity contribution in [1.29, 1.82) is 0 Å². The first-order valence-electron chi connectivity index (χ1n) is 5.73. The fourth-order valence-electron chi connectivity index (χ4n) is 1.74. The number of rotatable bonds is 4. The van der Waals surface area contributed by atoms with Gasteiger partial charge >= 0.3 is 0 Å². The number of aromatic amines is 1. The van der Waals surface area contributed by atoms with Crippen LogP contribution in [0.25, 0.3) is 11.3 Å². The largest absolute Gasteiger partial charge is 0.331 e. The predicted octanol–water partition coefficient (Wildman–Crippen LogP) is 3.01. The normalized spacial score (nSPS) is 10.8. The molecule has 0 fully saturated rings. The van der Waals surface area contributed by atoms with Gasteiger partial charge in [-0.05, 0) is 19.0 Å². The topological polar surface area (TPSA) is 40.7 Å². The molecule has 0 spiro atoms. The molecule has 0 unspecified atom stereocenters. The number of aryl methyl sites for hydroxylation is 1. The van der Waals surface area contributed by atoms with Gasteiger partial charge in [0.1, 0.15) is 16.7 Å². The third-order valence-corrected chi connectivity index (χ3v) is 2.96. The van der Waals surface area contributed by atoms with Gasteiger partial charge in [0.25, 0.3) is 0 Å². The Morgan fingerprint density at radius 1 is 1.29 bits per heavy atom. The zero-order valence-electron chi connectivity index (χ0n) is 10.0. The minimum atomic E-state index is 0.597. The predicted molar refractivity (Wildman–Crippen MR) is 71.2 cm³/mol. The van der Waals surface area contributed by atoms with E-state index in [1.165, 1.54) is 5.56 Å². The molecule has 0 aliphatic rings. The zero-order chi connectivity index (χ0) is 12.3. The number of imidazole rings is 1. The molecular weight excluding hydrogens is 234 g/mol. The van der Waals surface area contributed by atoms with Crippen LogP contribution >= 0.6 is 11.6 Å². The minimum Gasteiger partial charge on any atom is -0.331 e. The summed E-state index contributed by atoms with van der Waals surface area (Å²) in [5.41, 5.74) is 3.18. The van der Waals surface area contributed by atoms with E-state index in [0.717, 1.165) is 23.5 Å². The second kappa shape index (κ2) is 5.34. The molecule has 3 nitrogen and oxygen atoms in total. The van der Waals surface area contributed by atoms with Crippen molar-refractivity contribution >= 4 is 11.6 Å². The molecule has 1 aromatic heterocycles. The summed E-state index contributed by atoms with van der Waals surface area (Å²) in [6.07, 6.45) is 1.04. The Kier molecular flexibility index (Phi) is 3.82. The van der Waals surface area contributed by atoms with Gasteiger partial charge in [-0.2, -0.15) is 0 Å². The Morgan fingerprint density at radius 2 is 2.00 bits per heavy atom. The van der Waals surface area contributed by atoms with E-state index >= 15 is 0 Å². The molecule has 0 saturated carbocycles. The van der Waals surface area contributed by atoms with Crippen LogP contribution < -0.4 is 5.32 Å². The number of H-pyrrole nitrogens is 1. The highest BCUT2D eigenvalue weighted by Gasteiger charge is 2.09. The van der Waals surface area contributed by atoms with Gasteiger partial charge in [-0.15, -0.1) is 0 Å². The molecule has 0 radical (unpaired) electrons. The summed E-state index contributed by atoms with van der Waals surface area (Å²) in [5.74, 6) is 0.854. The maximum atomic E-state index is 6.14. The van der Waals surface area contributed by atoms with E-state index in [4.69, 9.17) is 11.6 Å². The van der Waals surface area contributed by atoms with Gasteiger partial charge in [-0.1, -0.05) is 42.8 Å². The fraction of sp³-hybridized carbons (Fsp3) is 0.308. The summed E-state index contributed by atoms with van der Waals surface area (Å²) < 4.78 is 0. The standard InChI is InChI=1S/C13H16ClN3/c1-3-9-4-6-10(7-5-9)12-13(14)17-11(16-12)8-15-2/h4-7,15H,3,8H2,1-2H3,(H,16,17). The highest BCUT2D eigenvalue weighted by atomic mass is 35.5. The average Bonchev–Trinajstić information content (AvgIpc) is 2.71. The van der Waals surface area contributed by atoms with Crippen LogP contribution in [0.3, 0.4) is 0 Å². The van der Waals surface area contributed by atoms with Gasteiger partial charge in [-0.25, -0.2) is 4.98 Å². The summed E-state index contributed by atoms with van der Waals surface area (Å²) in [4.78, 5) is 7.54. The lowest BCUT2D eigenvalue weighted by molar-refractivity contribution is 0.772. The Labute approximate surface area is 106 Å². The highest BCUT2D eigenvalue weighted by molar-refractivity contribution is 6.31. The van der Waals surface area contributed by atoms with E-state index in [1.54, 1.807) is 0 Å². The van der Waals surface area contributed by atoms with Crippen molar-refractivity contribution in [2.45, 2.75) is 19.9 Å². The summed E-state index contributed by atoms with van der Waals surface area (Å²) in [6.45, 7) is 2.83. The Hall–Kier alpha value is -1.32. The monoisotopic (exact) mass is 249 g/mol. The molecule has 0 bridgehead atoms. The second-order valence-corrected chi connectivity index (χ2v) is 4.30. The van der Waals surface area contributed by atoms with Crippen molar-refractivity contribution < 1.29 is 0 Å². The lowest BCUT2D eigenvalue weighted by Crippen LogP contribution is -2.06. The number of hydrogen-bond acceptors (Lipinski definition) is 2. The number of nitrogens with one attached hydrogen (secondary N) is 2. The highest BCUT2D eigenvalue weighted by Crippen LogP contribution is 2.25. The maximum Gasteiger partial charge on any atom is 0.134 e. The van der Waals surface area contributed by atoms with Gasteiger partial charge in [0.05, 0.1) is 6.54 Å². The van der Waals surface area contributed by atoms with Crippen molar-refractivity contribution in [2.75, 3.05) is 7.05 Å². The summed E-state index contributed by atoms with van der Waals surface area (Å²) in [6, 6.07) is 8.34. The molecule has 0 aliphatic carbocycles. The van der Waals surface area contributed by atoms with Crippen molar-refractivity contribution in [3.8, 4) is 11.3 Å². The van der Waals surface area contributed by atoms with Crippen molar-refractivity contribution in [1.82, 2.24) is 15.3 Å². The number of hydrogen-bond donors (Lipinski definition) is 2. The molecule has 1 aromatic carbocycles. The van der Waals surface area contributed by atoms with Crippen LogP contribution in [-0.2, 0) is 13.0 Å². The van der Waals surface area contributed by atoms with Crippen molar-refractivity contribution in [3.63, 3.8) is 0 Å². The van der Waals surface area contributed by atoms with Crippen LogP contribution in [0.2, 0.25) is 5.15 Å². The van der Waals surface area contributed by atoms with Crippen LogP contribution in [0.1, 0.15) is 18.3 Å². The first kappa shape index (κ1) is 12.1. The summed E-state index contributed by atoms with van der Waals surface area (Å²) in [7, 11) is 1.88. The first-order chi connectivity index (χ1) is 8.24. The second-order valence-electron chi connectivity index (χ2n) is 3.93. The molecule has 90 valence electrons. The molecule has 17 heavy (non-hydrogen) atoms. The molecular formula is C13H16ClN3. The van der Waals surface area contributed by atoms with E-state index in [9.17, 15) is 0 Å². The number of aromatic nitrogens is 2. The molecule has 0 atom stereocenters. The maximum absolute atomic E-state index is 6.14. The molecule has 0 saturated heterocycles. The molecule has 0 amide bonds. The van der Waals surface area contributed by atoms with Crippen LogP contribution in [-0.4, -0.2) is 17.0 Å². The van der Waals surface area contributed by atoms with Gasteiger partial charge < -0.3 is 10.3 Å². The summed E-state index contributed by atoms with van der Waals surface area (Å²) in [5, 5.41) is 3.64. The fourth-order valence-corrected chi connectivity index (χ4v) is 2.00. The van der Waals surface area contributed by atoms with Gasteiger partial charge in [0.15, 0.2) is 0 Å². The van der Waals surface area contributed by atoms with Gasteiger partial charge in [0.2, 0.25) is 0 Å². The number of nitrogens with zero attached hydrogens (tertiary/aromatic N) is 1. The molecule has 4 heteroatoms. The molecule has 1 heterocycles. The quantitative estimate of drug-likeness (QED) is 0.875. The Bertz CT molecular complexity index is 488. The van der Waals surface area contributed by atoms with Gasteiger partial charge in [0, 0.05) is 5.56 Å². The van der Waals surface area contributed by atoms with Crippen molar-refractivity contribution in [3.05, 3.63) is 40.8 Å². The van der Waals surface area contributed by atoms with Crippen LogP contribution in [0.5, 0.6) is 0 Å². The van der Waals surface area contributed by atoms with E-state index in [1.807, 2.05) is 7.05 Å². The SMILES string of the molecule is CCc1ccc(-c2nc(CNC)[nH]c2Cl)cc1. The van der Waals surface area contributed by atoms with Crippen LogP contribution in [0.4, 0.5) is 0 Å². The zero-order valence-corrected chi connectivity index (χ0v) is 10.8.